The first-order valence-corrected chi connectivity index (χ1v) is 8.07. The van der Waals surface area contributed by atoms with Crippen LogP contribution in [0.4, 0.5) is 4.39 Å². The average molecular weight is 331 g/mol. The van der Waals surface area contributed by atoms with Crippen LogP contribution in [-0.2, 0) is 4.79 Å². The van der Waals surface area contributed by atoms with Crippen LogP contribution in [0.25, 0.3) is 0 Å². The van der Waals surface area contributed by atoms with Crippen LogP contribution in [0.1, 0.15) is 19.3 Å². The highest BCUT2D eigenvalue weighted by Gasteiger charge is 2.01. The second-order valence-corrected chi connectivity index (χ2v) is 5.27. The number of ether oxygens (including phenoxy) is 2. The quantitative estimate of drug-likeness (QED) is 0.677. The van der Waals surface area contributed by atoms with Gasteiger partial charge in [-0.15, -0.1) is 0 Å². The number of nitrogens with one attached hydrogen (secondary N) is 1. The maximum absolute atomic E-state index is 12.7. The third-order valence-electron chi connectivity index (χ3n) is 3.32. The predicted molar refractivity (Wildman–Crippen MR) is 90.7 cm³/mol. The van der Waals surface area contributed by atoms with Crippen molar-refractivity contribution < 1.29 is 18.7 Å². The van der Waals surface area contributed by atoms with E-state index in [1.165, 1.54) is 12.1 Å². The fourth-order valence-corrected chi connectivity index (χ4v) is 2.04. The summed E-state index contributed by atoms with van der Waals surface area (Å²) < 4.78 is 23.7. The molecule has 0 aliphatic carbocycles. The van der Waals surface area contributed by atoms with Crippen LogP contribution in [0.5, 0.6) is 11.5 Å². The van der Waals surface area contributed by atoms with Crippen molar-refractivity contribution >= 4 is 5.91 Å². The normalized spacial score (nSPS) is 10.2. The molecule has 0 fully saturated rings. The van der Waals surface area contributed by atoms with Gasteiger partial charge in [0.05, 0.1) is 19.6 Å². The van der Waals surface area contributed by atoms with Gasteiger partial charge in [-0.2, -0.15) is 0 Å². The molecular weight excluding hydrogens is 309 g/mol. The summed E-state index contributed by atoms with van der Waals surface area (Å²) in [5, 5.41) is 2.85. The molecule has 0 heterocycles. The molecule has 1 N–H and O–H groups in total. The van der Waals surface area contributed by atoms with Crippen LogP contribution in [0.15, 0.2) is 54.6 Å². The molecule has 0 bridgehead atoms. The molecule has 2 aromatic rings. The molecule has 2 rings (SSSR count). The summed E-state index contributed by atoms with van der Waals surface area (Å²) in [6.45, 7) is 1.51. The van der Waals surface area contributed by atoms with Gasteiger partial charge < -0.3 is 14.8 Å². The molecule has 0 spiro atoms. The van der Waals surface area contributed by atoms with E-state index in [4.69, 9.17) is 9.47 Å². The van der Waals surface area contributed by atoms with Crippen LogP contribution in [0, 0.1) is 5.82 Å². The first-order valence-electron chi connectivity index (χ1n) is 8.07. The van der Waals surface area contributed by atoms with E-state index in [9.17, 15) is 9.18 Å². The van der Waals surface area contributed by atoms with Crippen molar-refractivity contribution in [3.8, 4) is 11.5 Å². The van der Waals surface area contributed by atoms with Crippen molar-refractivity contribution in [2.24, 2.45) is 0 Å². The summed E-state index contributed by atoms with van der Waals surface area (Å²) in [6, 6.07) is 15.4. The van der Waals surface area contributed by atoms with Crippen molar-refractivity contribution in [1.29, 1.82) is 0 Å². The van der Waals surface area contributed by atoms with E-state index in [1.807, 2.05) is 30.3 Å². The van der Waals surface area contributed by atoms with Gasteiger partial charge in [0.25, 0.3) is 0 Å². The van der Waals surface area contributed by atoms with Gasteiger partial charge in [0.2, 0.25) is 5.91 Å². The van der Waals surface area contributed by atoms with E-state index in [-0.39, 0.29) is 11.7 Å². The number of amides is 1. The van der Waals surface area contributed by atoms with Crippen molar-refractivity contribution in [1.82, 2.24) is 5.32 Å². The molecule has 128 valence electrons. The lowest BCUT2D eigenvalue weighted by atomic mass is 10.3. The molecule has 0 aliphatic rings. The maximum Gasteiger partial charge on any atom is 0.223 e. The number of carbonyl (C=O) groups is 1. The summed E-state index contributed by atoms with van der Waals surface area (Å²) in [4.78, 5) is 11.7. The Labute approximate surface area is 141 Å². The van der Waals surface area contributed by atoms with Crippen LogP contribution >= 0.6 is 0 Å². The molecule has 0 radical (unpaired) electrons. The van der Waals surface area contributed by atoms with Crippen molar-refractivity contribution in [3.63, 3.8) is 0 Å². The highest BCUT2D eigenvalue weighted by Crippen LogP contribution is 2.11. The van der Waals surface area contributed by atoms with Gasteiger partial charge in [-0.1, -0.05) is 18.2 Å². The zero-order valence-corrected chi connectivity index (χ0v) is 13.5. The number of benzene rings is 2. The third kappa shape index (κ3) is 7.13. The average Bonchev–Trinajstić information content (AvgIpc) is 2.60. The van der Waals surface area contributed by atoms with Crippen LogP contribution in [0.2, 0.25) is 0 Å². The SMILES string of the molecule is O=C(CCOc1ccccc1)NCCCCOc1ccc(F)cc1. The lowest BCUT2D eigenvalue weighted by molar-refractivity contribution is -0.121. The Bertz CT molecular complexity index is 602. The Balaban J connectivity index is 1.46. The maximum atomic E-state index is 12.7. The Hall–Kier alpha value is -2.56. The van der Waals surface area contributed by atoms with Crippen molar-refractivity contribution in [2.45, 2.75) is 19.3 Å². The molecule has 0 atom stereocenters. The zero-order chi connectivity index (χ0) is 17.0. The van der Waals surface area contributed by atoms with E-state index in [0.29, 0.717) is 31.9 Å². The number of rotatable bonds is 10. The number of para-hydroxylation sites is 1. The number of hydrogen-bond acceptors (Lipinski definition) is 3. The van der Waals surface area contributed by atoms with Gasteiger partial charge in [-0.05, 0) is 49.2 Å². The van der Waals surface area contributed by atoms with Crippen LogP contribution in [0.3, 0.4) is 0 Å². The van der Waals surface area contributed by atoms with Gasteiger partial charge in [-0.25, -0.2) is 4.39 Å². The summed E-state index contributed by atoms with van der Waals surface area (Å²) in [5.41, 5.74) is 0. The van der Waals surface area contributed by atoms with E-state index >= 15 is 0 Å². The van der Waals surface area contributed by atoms with Crippen molar-refractivity contribution in [2.75, 3.05) is 19.8 Å². The number of unbranched alkanes of at least 4 members (excludes halogenated alkanes) is 1. The standard InChI is InChI=1S/C19H22FNO3/c20-16-8-10-18(11-9-16)23-14-5-4-13-21-19(22)12-15-24-17-6-2-1-3-7-17/h1-3,6-11H,4-5,12-15H2,(H,21,22). The molecule has 2 aromatic carbocycles. The molecule has 0 saturated carbocycles. The van der Waals surface area contributed by atoms with Crippen LogP contribution < -0.4 is 14.8 Å². The topological polar surface area (TPSA) is 47.6 Å². The van der Waals surface area contributed by atoms with Gasteiger partial charge in [0.1, 0.15) is 17.3 Å². The van der Waals surface area contributed by atoms with Gasteiger partial charge >= 0.3 is 0 Å². The molecule has 5 heteroatoms. The minimum Gasteiger partial charge on any atom is -0.494 e. The zero-order valence-electron chi connectivity index (χ0n) is 13.5. The van der Waals surface area contributed by atoms with Crippen molar-refractivity contribution in [3.05, 3.63) is 60.4 Å². The Morgan fingerprint density at radius 2 is 1.54 bits per heavy atom. The van der Waals surface area contributed by atoms with Gasteiger partial charge in [-0.3, -0.25) is 4.79 Å². The molecule has 4 nitrogen and oxygen atoms in total. The molecule has 0 saturated heterocycles. The van der Waals surface area contributed by atoms with E-state index < -0.39 is 0 Å². The van der Waals surface area contributed by atoms with E-state index in [0.717, 1.165) is 18.6 Å². The third-order valence-corrected chi connectivity index (χ3v) is 3.32. The largest absolute Gasteiger partial charge is 0.494 e. The molecule has 0 unspecified atom stereocenters. The van der Waals surface area contributed by atoms with E-state index in [2.05, 4.69) is 5.32 Å². The highest BCUT2D eigenvalue weighted by atomic mass is 19.1. The monoisotopic (exact) mass is 331 g/mol. The van der Waals surface area contributed by atoms with Gasteiger partial charge in [0.15, 0.2) is 0 Å². The number of hydrogen-bond donors (Lipinski definition) is 1. The fourth-order valence-electron chi connectivity index (χ4n) is 2.04. The minimum atomic E-state index is -0.277. The number of carbonyl (C=O) groups excluding carboxylic acids is 1. The van der Waals surface area contributed by atoms with E-state index in [1.54, 1.807) is 12.1 Å². The summed E-state index contributed by atoms with van der Waals surface area (Å²) >= 11 is 0. The Morgan fingerprint density at radius 1 is 0.875 bits per heavy atom. The smallest absolute Gasteiger partial charge is 0.223 e. The number of halogens is 1. The minimum absolute atomic E-state index is 0.0228. The molecular formula is C19H22FNO3. The second kappa shape index (κ2) is 10.3. The lowest BCUT2D eigenvalue weighted by Gasteiger charge is -2.08. The Kier molecular flexibility index (Phi) is 7.60. The lowest BCUT2D eigenvalue weighted by Crippen LogP contribution is -2.26. The predicted octanol–water partition coefficient (Wildman–Crippen LogP) is 3.57. The summed E-state index contributed by atoms with van der Waals surface area (Å²) in [6.07, 6.45) is 1.98. The van der Waals surface area contributed by atoms with Crippen LogP contribution in [-0.4, -0.2) is 25.7 Å². The molecule has 24 heavy (non-hydrogen) atoms. The first-order chi connectivity index (χ1) is 11.7. The first kappa shape index (κ1) is 17.8. The fraction of sp³-hybridized carbons (Fsp3) is 0.316. The summed E-state index contributed by atoms with van der Waals surface area (Å²) in [7, 11) is 0. The second-order valence-electron chi connectivity index (χ2n) is 5.27. The Morgan fingerprint density at radius 3 is 2.29 bits per heavy atom. The summed E-state index contributed by atoms with van der Waals surface area (Å²) in [5.74, 6) is 1.12. The highest BCUT2D eigenvalue weighted by molar-refractivity contribution is 5.75. The molecule has 0 aromatic heterocycles. The van der Waals surface area contributed by atoms with Gasteiger partial charge in [0, 0.05) is 6.54 Å². The molecule has 1 amide bonds. The molecule has 0 aliphatic heterocycles.